The quantitative estimate of drug-likeness (QED) is 0.566. The maximum atomic E-state index is 12.0. The second-order valence-corrected chi connectivity index (χ2v) is 4.77. The third kappa shape index (κ3) is 5.05. The number of benzene rings is 1. The summed E-state index contributed by atoms with van der Waals surface area (Å²) in [5.41, 5.74) is 5.94. The first-order chi connectivity index (χ1) is 9.58. The number of amides is 1. The molecule has 0 aliphatic heterocycles. The molecule has 5 nitrogen and oxygen atoms in total. The molecule has 0 aromatic heterocycles. The van der Waals surface area contributed by atoms with Gasteiger partial charge in [0.15, 0.2) is 11.5 Å². The summed E-state index contributed by atoms with van der Waals surface area (Å²) >= 11 is 4.79. The normalized spacial score (nSPS) is 9.90. The number of thiocarbonyl (C=S) groups is 1. The van der Waals surface area contributed by atoms with Crippen molar-refractivity contribution in [3.63, 3.8) is 0 Å². The number of hydrogen-bond acceptors (Lipinski definition) is 4. The Morgan fingerprint density at radius 2 is 1.95 bits per heavy atom. The van der Waals surface area contributed by atoms with Crippen molar-refractivity contribution in [2.75, 3.05) is 20.8 Å². The highest BCUT2D eigenvalue weighted by atomic mass is 32.1. The lowest BCUT2D eigenvalue weighted by molar-refractivity contribution is 0.0952. The second-order valence-electron chi connectivity index (χ2n) is 4.25. The predicted molar refractivity (Wildman–Crippen MR) is 82.5 cm³/mol. The van der Waals surface area contributed by atoms with E-state index in [0.29, 0.717) is 35.0 Å². The van der Waals surface area contributed by atoms with Gasteiger partial charge >= 0.3 is 0 Å². The number of rotatable bonds is 8. The Kier molecular flexibility index (Phi) is 6.79. The molecule has 0 unspecified atom stereocenters. The molecular weight excluding hydrogens is 276 g/mol. The average Bonchev–Trinajstić information content (AvgIpc) is 2.45. The second kappa shape index (κ2) is 8.37. The minimum atomic E-state index is -0.138. The van der Waals surface area contributed by atoms with Gasteiger partial charge in [-0.1, -0.05) is 12.2 Å². The number of methoxy groups -OCH3 is 2. The zero-order valence-electron chi connectivity index (χ0n) is 11.8. The molecule has 0 spiro atoms. The van der Waals surface area contributed by atoms with Gasteiger partial charge in [-0.2, -0.15) is 0 Å². The molecule has 0 radical (unpaired) electrons. The van der Waals surface area contributed by atoms with Gasteiger partial charge in [-0.25, -0.2) is 0 Å². The van der Waals surface area contributed by atoms with E-state index in [1.165, 1.54) is 7.11 Å². The lowest BCUT2D eigenvalue weighted by atomic mass is 10.2. The summed E-state index contributed by atoms with van der Waals surface area (Å²) in [5, 5.41) is 2.84. The van der Waals surface area contributed by atoms with Crippen molar-refractivity contribution in [1.29, 1.82) is 0 Å². The Morgan fingerprint density at radius 1 is 1.25 bits per heavy atom. The van der Waals surface area contributed by atoms with Crippen molar-refractivity contribution < 1.29 is 14.3 Å². The van der Waals surface area contributed by atoms with Crippen LogP contribution in [-0.2, 0) is 0 Å². The molecule has 3 N–H and O–H groups in total. The molecule has 1 amide bonds. The van der Waals surface area contributed by atoms with Gasteiger partial charge in [-0.3, -0.25) is 4.79 Å². The highest BCUT2D eigenvalue weighted by Gasteiger charge is 2.10. The molecule has 0 bridgehead atoms. The van der Waals surface area contributed by atoms with E-state index in [2.05, 4.69) is 5.32 Å². The molecule has 0 aliphatic carbocycles. The minimum Gasteiger partial charge on any atom is -0.493 e. The number of carbonyl (C=O) groups is 1. The summed E-state index contributed by atoms with van der Waals surface area (Å²) in [6.45, 7) is 0.593. The van der Waals surface area contributed by atoms with Gasteiger partial charge in [0.2, 0.25) is 0 Å². The molecule has 1 aromatic carbocycles. The number of hydrogen-bond donors (Lipinski definition) is 2. The largest absolute Gasteiger partial charge is 0.493 e. The fraction of sp³-hybridized carbons (Fsp3) is 0.429. The smallest absolute Gasteiger partial charge is 0.251 e. The number of carbonyl (C=O) groups excluding carboxylic acids is 1. The van der Waals surface area contributed by atoms with E-state index in [-0.39, 0.29) is 5.91 Å². The third-order valence-corrected chi connectivity index (χ3v) is 2.99. The molecule has 20 heavy (non-hydrogen) atoms. The molecule has 1 rings (SSSR count). The molecule has 0 saturated heterocycles. The average molecular weight is 296 g/mol. The van der Waals surface area contributed by atoms with Crippen molar-refractivity contribution in [2.45, 2.75) is 19.3 Å². The van der Waals surface area contributed by atoms with Crippen molar-refractivity contribution in [1.82, 2.24) is 5.32 Å². The molecule has 0 aliphatic rings. The molecule has 0 saturated carbocycles. The van der Waals surface area contributed by atoms with E-state index in [4.69, 9.17) is 27.4 Å². The van der Waals surface area contributed by atoms with Crippen LogP contribution in [-0.4, -0.2) is 31.7 Å². The number of ether oxygens (including phenoxy) is 2. The van der Waals surface area contributed by atoms with E-state index in [0.717, 1.165) is 12.8 Å². The molecule has 110 valence electrons. The minimum absolute atomic E-state index is 0.138. The lowest BCUT2D eigenvalue weighted by Gasteiger charge is -2.10. The summed E-state index contributed by atoms with van der Waals surface area (Å²) in [5.74, 6) is 0.996. The summed E-state index contributed by atoms with van der Waals surface area (Å²) < 4.78 is 10.3. The van der Waals surface area contributed by atoms with Crippen LogP contribution in [0.15, 0.2) is 18.2 Å². The highest BCUT2D eigenvalue weighted by molar-refractivity contribution is 7.80. The van der Waals surface area contributed by atoms with Crippen LogP contribution in [0.3, 0.4) is 0 Å². The van der Waals surface area contributed by atoms with Gasteiger partial charge in [-0.15, -0.1) is 0 Å². The van der Waals surface area contributed by atoms with Crippen LogP contribution in [0, 0.1) is 0 Å². The molecule has 0 fully saturated rings. The van der Waals surface area contributed by atoms with Gasteiger partial charge in [0.25, 0.3) is 5.91 Å². The van der Waals surface area contributed by atoms with E-state index in [9.17, 15) is 4.79 Å². The van der Waals surface area contributed by atoms with Gasteiger partial charge < -0.3 is 20.5 Å². The van der Waals surface area contributed by atoms with Crippen LogP contribution in [0.1, 0.15) is 29.6 Å². The topological polar surface area (TPSA) is 73.6 Å². The van der Waals surface area contributed by atoms with Crippen molar-refractivity contribution in [3.05, 3.63) is 23.8 Å². The first-order valence-corrected chi connectivity index (χ1v) is 6.78. The van der Waals surface area contributed by atoms with Gasteiger partial charge in [0.1, 0.15) is 0 Å². The van der Waals surface area contributed by atoms with Gasteiger partial charge in [0, 0.05) is 12.1 Å². The Morgan fingerprint density at radius 3 is 2.55 bits per heavy atom. The van der Waals surface area contributed by atoms with Gasteiger partial charge in [0.05, 0.1) is 19.2 Å². The van der Waals surface area contributed by atoms with Crippen molar-refractivity contribution >= 4 is 23.1 Å². The first-order valence-electron chi connectivity index (χ1n) is 6.37. The first kappa shape index (κ1) is 16.2. The van der Waals surface area contributed by atoms with E-state index >= 15 is 0 Å². The SMILES string of the molecule is COc1ccc(C(=O)NCCCCC(N)=S)cc1OC. The molecule has 1 aromatic rings. The van der Waals surface area contributed by atoms with Crippen molar-refractivity contribution in [3.8, 4) is 11.5 Å². The molecular formula is C14H20N2O3S. The maximum absolute atomic E-state index is 12.0. The van der Waals surface area contributed by atoms with Crippen molar-refractivity contribution in [2.24, 2.45) is 5.73 Å². The zero-order chi connectivity index (χ0) is 15.0. The maximum Gasteiger partial charge on any atom is 0.251 e. The Bertz CT molecular complexity index is 477. The van der Waals surface area contributed by atoms with Crippen LogP contribution in [0.4, 0.5) is 0 Å². The Balaban J connectivity index is 2.49. The number of nitrogens with one attached hydrogen (secondary N) is 1. The van der Waals surface area contributed by atoms with Crippen LogP contribution in [0.25, 0.3) is 0 Å². The van der Waals surface area contributed by atoms with E-state index < -0.39 is 0 Å². The fourth-order valence-corrected chi connectivity index (χ4v) is 1.85. The summed E-state index contributed by atoms with van der Waals surface area (Å²) in [6, 6.07) is 5.06. The standard InChI is InChI=1S/C14H20N2O3S/c1-18-11-7-6-10(9-12(11)19-2)14(17)16-8-4-3-5-13(15)20/h6-7,9H,3-5,8H2,1-2H3,(H2,15,20)(H,16,17). The van der Waals surface area contributed by atoms with Crippen LogP contribution >= 0.6 is 12.2 Å². The monoisotopic (exact) mass is 296 g/mol. The Labute approximate surface area is 124 Å². The lowest BCUT2D eigenvalue weighted by Crippen LogP contribution is -2.24. The van der Waals surface area contributed by atoms with E-state index in [1.807, 2.05) is 0 Å². The van der Waals surface area contributed by atoms with Crippen LogP contribution in [0.2, 0.25) is 0 Å². The molecule has 0 heterocycles. The van der Waals surface area contributed by atoms with Gasteiger partial charge in [-0.05, 0) is 37.5 Å². The van der Waals surface area contributed by atoms with Crippen LogP contribution < -0.4 is 20.5 Å². The Hall–Kier alpha value is -1.82. The highest BCUT2D eigenvalue weighted by Crippen LogP contribution is 2.27. The van der Waals surface area contributed by atoms with Crippen LogP contribution in [0.5, 0.6) is 11.5 Å². The summed E-state index contributed by atoms with van der Waals surface area (Å²) in [4.78, 5) is 12.5. The number of nitrogens with two attached hydrogens (primary N) is 1. The van der Waals surface area contributed by atoms with E-state index in [1.54, 1.807) is 25.3 Å². The number of unbranched alkanes of at least 4 members (excludes halogenated alkanes) is 1. The summed E-state index contributed by atoms with van der Waals surface area (Å²) in [7, 11) is 3.09. The third-order valence-electron chi connectivity index (χ3n) is 2.78. The molecule has 6 heteroatoms. The zero-order valence-corrected chi connectivity index (χ0v) is 12.6. The predicted octanol–water partition coefficient (Wildman–Crippen LogP) is 1.89. The molecule has 0 atom stereocenters. The summed E-state index contributed by atoms with van der Waals surface area (Å²) in [6.07, 6.45) is 2.43. The fourth-order valence-electron chi connectivity index (χ4n) is 1.71.